The Balaban J connectivity index is -0.000000470. The Morgan fingerprint density at radius 2 is 0.976 bits per heavy atom. The minimum Gasteiger partial charge on any atom is -0.0776 e. The Morgan fingerprint density at radius 3 is 1.44 bits per heavy atom. The van der Waals surface area contributed by atoms with Gasteiger partial charge in [0.2, 0.25) is 0 Å². The van der Waals surface area contributed by atoms with Crippen molar-refractivity contribution in [1.29, 1.82) is 0 Å². The maximum Gasteiger partial charge on any atom is -0.0261 e. The summed E-state index contributed by atoms with van der Waals surface area (Å²) in [6.07, 6.45) is 13.6. The first-order valence-electron chi connectivity index (χ1n) is 19.0. The standard InChI is InChI=1S/C28H50.6C2H6.CH4/c1-18(2)17-24-21-9-10-25-27(7)15-11-19(3)20(4)22(27)13-16-28(25,8)23(21)12-14-26(24,5)6;6*1-2;/h18-25H,9-17H2,1-8H3;6*1-2H3;1H4. The highest BCUT2D eigenvalue weighted by atomic mass is 14.7. The lowest BCUT2D eigenvalue weighted by atomic mass is 9.37. The van der Waals surface area contributed by atoms with Crippen molar-refractivity contribution in [2.75, 3.05) is 0 Å². The Kier molecular flexibility index (Phi) is 27.3. The molecule has 0 radical (unpaired) electrons. The molecule has 0 aromatic rings. The summed E-state index contributed by atoms with van der Waals surface area (Å²) >= 11 is 0. The summed E-state index contributed by atoms with van der Waals surface area (Å²) in [6.45, 7) is 44.8. The van der Waals surface area contributed by atoms with Crippen LogP contribution in [0.15, 0.2) is 0 Å². The van der Waals surface area contributed by atoms with Gasteiger partial charge in [-0.3, -0.25) is 0 Å². The van der Waals surface area contributed by atoms with Gasteiger partial charge in [-0.1, -0.05) is 146 Å². The van der Waals surface area contributed by atoms with Crippen LogP contribution in [0.1, 0.15) is 204 Å². The molecule has 0 aliphatic heterocycles. The molecule has 0 amide bonds. The van der Waals surface area contributed by atoms with E-state index in [1.807, 2.05) is 83.1 Å². The van der Waals surface area contributed by atoms with E-state index in [-0.39, 0.29) is 7.43 Å². The van der Waals surface area contributed by atoms with Crippen molar-refractivity contribution in [3.05, 3.63) is 0 Å². The van der Waals surface area contributed by atoms with Gasteiger partial charge >= 0.3 is 0 Å². The molecule has 0 heterocycles. The summed E-state index contributed by atoms with van der Waals surface area (Å²) in [5.41, 5.74) is 1.81. The summed E-state index contributed by atoms with van der Waals surface area (Å²) in [5, 5.41) is 0. The SMILES string of the molecule is C.CC.CC.CC.CC.CC.CC.CC(C)CC1C2CCC3C4(C)CCC(C)C(C)C4CCC3(C)C2CCC1(C)C. The molecule has 0 heteroatoms. The largest absolute Gasteiger partial charge is 0.0776 e. The highest BCUT2D eigenvalue weighted by Crippen LogP contribution is 2.70. The first-order chi connectivity index (χ1) is 19.0. The second kappa shape index (κ2) is 23.4. The van der Waals surface area contributed by atoms with Crippen LogP contribution in [0.3, 0.4) is 0 Å². The van der Waals surface area contributed by atoms with Crippen LogP contribution in [0.25, 0.3) is 0 Å². The highest BCUT2D eigenvalue weighted by Gasteiger charge is 2.62. The van der Waals surface area contributed by atoms with Crippen molar-refractivity contribution in [1.82, 2.24) is 0 Å². The van der Waals surface area contributed by atoms with E-state index in [1.54, 1.807) is 0 Å². The van der Waals surface area contributed by atoms with E-state index in [1.165, 1.54) is 57.8 Å². The number of fused-ring (bicyclic) bond motifs is 5. The molecule has 254 valence electrons. The normalized spacial score (nSPS) is 37.2. The topological polar surface area (TPSA) is 0 Å². The zero-order valence-corrected chi connectivity index (χ0v) is 32.5. The fraction of sp³-hybridized carbons (Fsp3) is 1.00. The molecule has 4 fully saturated rings. The quantitative estimate of drug-likeness (QED) is 0.304. The maximum absolute atomic E-state index is 2.78. The third-order valence-electron chi connectivity index (χ3n) is 11.6. The molecule has 0 spiro atoms. The van der Waals surface area contributed by atoms with Crippen LogP contribution in [0.5, 0.6) is 0 Å². The summed E-state index contributed by atoms with van der Waals surface area (Å²) in [4.78, 5) is 0. The molecule has 41 heavy (non-hydrogen) atoms. The second-order valence-corrected chi connectivity index (χ2v) is 13.7. The molecule has 0 N–H and O–H groups in total. The van der Waals surface area contributed by atoms with Crippen LogP contribution in [0.4, 0.5) is 0 Å². The maximum atomic E-state index is 2.78. The van der Waals surface area contributed by atoms with Crippen molar-refractivity contribution in [2.24, 2.45) is 63.6 Å². The predicted octanol–water partition coefficient (Wildman–Crippen LogP) is 15.4. The molecule has 9 atom stereocenters. The minimum absolute atomic E-state index is 0. The monoisotopic (exact) mass is 583 g/mol. The lowest BCUT2D eigenvalue weighted by Gasteiger charge is -2.68. The van der Waals surface area contributed by atoms with Crippen LogP contribution in [0.2, 0.25) is 0 Å². The lowest BCUT2D eigenvalue weighted by molar-refractivity contribution is -0.189. The van der Waals surface area contributed by atoms with Crippen molar-refractivity contribution in [3.63, 3.8) is 0 Å². The molecule has 0 aromatic carbocycles. The van der Waals surface area contributed by atoms with Gasteiger partial charge in [-0.2, -0.15) is 0 Å². The van der Waals surface area contributed by atoms with Gasteiger partial charge in [0.05, 0.1) is 0 Å². The van der Waals surface area contributed by atoms with Gasteiger partial charge in [0.15, 0.2) is 0 Å². The average molecular weight is 583 g/mol. The zero-order valence-electron chi connectivity index (χ0n) is 32.5. The molecule has 4 rings (SSSR count). The average Bonchev–Trinajstić information content (AvgIpc) is 2.98. The van der Waals surface area contributed by atoms with Crippen LogP contribution in [0, 0.1) is 63.6 Å². The van der Waals surface area contributed by atoms with Crippen molar-refractivity contribution in [2.45, 2.75) is 204 Å². The molecule has 0 nitrogen and oxygen atoms in total. The molecule has 4 saturated carbocycles. The van der Waals surface area contributed by atoms with Crippen LogP contribution in [-0.4, -0.2) is 0 Å². The molecule has 4 aliphatic carbocycles. The Hall–Kier alpha value is 0. The summed E-state index contributed by atoms with van der Waals surface area (Å²) in [7, 11) is 0. The fourth-order valence-electron chi connectivity index (χ4n) is 9.88. The second-order valence-electron chi connectivity index (χ2n) is 13.7. The van der Waals surface area contributed by atoms with E-state index in [2.05, 4.69) is 55.4 Å². The molecular weight excluding hydrogens is 492 g/mol. The van der Waals surface area contributed by atoms with Gasteiger partial charge in [0.1, 0.15) is 0 Å². The third kappa shape index (κ3) is 10.8. The third-order valence-corrected chi connectivity index (χ3v) is 11.6. The van der Waals surface area contributed by atoms with E-state index in [0.29, 0.717) is 16.2 Å². The Labute approximate surface area is 266 Å². The Morgan fingerprint density at radius 1 is 0.561 bits per heavy atom. The van der Waals surface area contributed by atoms with Crippen LogP contribution in [-0.2, 0) is 0 Å². The van der Waals surface area contributed by atoms with Crippen LogP contribution < -0.4 is 0 Å². The van der Waals surface area contributed by atoms with Gasteiger partial charge in [0.25, 0.3) is 0 Å². The van der Waals surface area contributed by atoms with E-state index in [4.69, 9.17) is 0 Å². The van der Waals surface area contributed by atoms with Crippen LogP contribution >= 0.6 is 0 Å². The molecule has 4 aliphatic rings. The summed E-state index contributed by atoms with van der Waals surface area (Å²) in [6, 6.07) is 0. The first kappa shape index (κ1) is 47.9. The van der Waals surface area contributed by atoms with Gasteiger partial charge in [-0.15, -0.1) is 0 Å². The van der Waals surface area contributed by atoms with E-state index < -0.39 is 0 Å². The zero-order chi connectivity index (χ0) is 32.5. The van der Waals surface area contributed by atoms with Crippen molar-refractivity contribution >= 4 is 0 Å². The molecule has 0 bridgehead atoms. The number of hydrogen-bond acceptors (Lipinski definition) is 0. The molecule has 0 aromatic heterocycles. The van der Waals surface area contributed by atoms with E-state index >= 15 is 0 Å². The predicted molar refractivity (Wildman–Crippen MR) is 197 cm³/mol. The fourth-order valence-corrected chi connectivity index (χ4v) is 9.88. The summed E-state index contributed by atoms with van der Waals surface area (Å²) < 4.78 is 0. The van der Waals surface area contributed by atoms with Crippen molar-refractivity contribution < 1.29 is 0 Å². The van der Waals surface area contributed by atoms with Gasteiger partial charge < -0.3 is 0 Å². The van der Waals surface area contributed by atoms with E-state index in [9.17, 15) is 0 Å². The lowest BCUT2D eigenvalue weighted by Crippen LogP contribution is -2.60. The number of rotatable bonds is 2. The molecule has 0 saturated heterocycles. The first-order valence-corrected chi connectivity index (χ1v) is 19.0. The molecular formula is C41H90. The van der Waals surface area contributed by atoms with Gasteiger partial charge in [-0.05, 0) is 121 Å². The Bertz CT molecular complexity index is 573. The van der Waals surface area contributed by atoms with Crippen molar-refractivity contribution in [3.8, 4) is 0 Å². The molecule has 9 unspecified atom stereocenters. The minimum atomic E-state index is 0. The van der Waals surface area contributed by atoms with Gasteiger partial charge in [0, 0.05) is 0 Å². The van der Waals surface area contributed by atoms with E-state index in [0.717, 1.165) is 47.3 Å². The number of hydrogen-bond donors (Lipinski definition) is 0. The highest BCUT2D eigenvalue weighted by molar-refractivity contribution is 5.11. The smallest absolute Gasteiger partial charge is 0.0261 e. The van der Waals surface area contributed by atoms with Gasteiger partial charge in [-0.25, -0.2) is 0 Å². The summed E-state index contributed by atoms with van der Waals surface area (Å²) in [5.74, 6) is 7.71.